The molecule has 0 aliphatic carbocycles. The van der Waals surface area contributed by atoms with Crippen LogP contribution < -0.4 is 10.5 Å². The topological polar surface area (TPSA) is 53.1 Å². The summed E-state index contributed by atoms with van der Waals surface area (Å²) in [6, 6.07) is 5.37. The number of hydrogen-bond acceptors (Lipinski definition) is 3. The maximum absolute atomic E-state index is 5.88. The number of hydrogen-bond donors (Lipinski definition) is 1. The fourth-order valence-electron chi connectivity index (χ4n) is 1.58. The van der Waals surface area contributed by atoms with Gasteiger partial charge in [0.25, 0.3) is 0 Å². The van der Waals surface area contributed by atoms with Gasteiger partial charge in [-0.1, -0.05) is 11.6 Å². The van der Waals surface area contributed by atoms with Crippen molar-refractivity contribution in [2.45, 2.75) is 6.10 Å². The van der Waals surface area contributed by atoms with Crippen molar-refractivity contribution in [2.24, 2.45) is 12.8 Å². The van der Waals surface area contributed by atoms with Crippen molar-refractivity contribution in [3.8, 4) is 5.75 Å². The molecule has 2 rings (SSSR count). The average Bonchev–Trinajstić information content (AvgIpc) is 2.75. The SMILES string of the molecule is Cn1cc(C(CN)Oc2ccc(Cl)cc2Br)cn1. The number of ether oxygens (including phenoxy) is 1. The van der Waals surface area contributed by atoms with E-state index < -0.39 is 0 Å². The molecule has 1 heterocycles. The summed E-state index contributed by atoms with van der Waals surface area (Å²) < 4.78 is 8.39. The molecule has 1 unspecified atom stereocenters. The molecular weight excluding hydrogens is 318 g/mol. The van der Waals surface area contributed by atoms with Crippen LogP contribution in [-0.4, -0.2) is 16.3 Å². The summed E-state index contributed by atoms with van der Waals surface area (Å²) in [7, 11) is 1.86. The molecule has 0 aliphatic heterocycles. The maximum atomic E-state index is 5.88. The van der Waals surface area contributed by atoms with E-state index in [4.69, 9.17) is 22.1 Å². The van der Waals surface area contributed by atoms with Crippen molar-refractivity contribution < 1.29 is 4.74 Å². The molecule has 0 saturated heterocycles. The van der Waals surface area contributed by atoms with Crippen molar-refractivity contribution in [3.63, 3.8) is 0 Å². The van der Waals surface area contributed by atoms with Crippen LogP contribution in [0.2, 0.25) is 5.02 Å². The third-order valence-electron chi connectivity index (χ3n) is 2.47. The van der Waals surface area contributed by atoms with Crippen molar-refractivity contribution in [3.05, 3.63) is 45.7 Å². The van der Waals surface area contributed by atoms with Gasteiger partial charge in [-0.2, -0.15) is 5.10 Å². The zero-order valence-electron chi connectivity index (χ0n) is 9.81. The summed E-state index contributed by atoms with van der Waals surface area (Å²) >= 11 is 9.30. The molecule has 0 fully saturated rings. The predicted molar refractivity (Wildman–Crippen MR) is 74.8 cm³/mol. The van der Waals surface area contributed by atoms with E-state index >= 15 is 0 Å². The summed E-state index contributed by atoms with van der Waals surface area (Å²) in [4.78, 5) is 0. The van der Waals surface area contributed by atoms with Gasteiger partial charge in [0.15, 0.2) is 0 Å². The van der Waals surface area contributed by atoms with Crippen LogP contribution in [0, 0.1) is 0 Å². The normalized spacial score (nSPS) is 12.4. The van der Waals surface area contributed by atoms with Crippen LogP contribution in [0.5, 0.6) is 5.75 Å². The highest BCUT2D eigenvalue weighted by Crippen LogP contribution is 2.31. The fraction of sp³-hybridized carbons (Fsp3) is 0.250. The van der Waals surface area contributed by atoms with E-state index in [2.05, 4.69) is 21.0 Å². The van der Waals surface area contributed by atoms with Gasteiger partial charge in [-0.3, -0.25) is 4.68 Å². The molecular formula is C12H13BrClN3O. The predicted octanol–water partition coefficient (Wildman–Crippen LogP) is 2.91. The molecule has 2 aromatic rings. The Hall–Kier alpha value is -1.04. The lowest BCUT2D eigenvalue weighted by molar-refractivity contribution is 0.212. The number of aryl methyl sites for hydroxylation is 1. The second-order valence-electron chi connectivity index (χ2n) is 3.86. The zero-order valence-corrected chi connectivity index (χ0v) is 12.1. The lowest BCUT2D eigenvalue weighted by atomic mass is 10.2. The number of halogens is 2. The number of nitrogens with two attached hydrogens (primary N) is 1. The van der Waals surface area contributed by atoms with Crippen molar-refractivity contribution >= 4 is 27.5 Å². The van der Waals surface area contributed by atoms with Gasteiger partial charge in [0.2, 0.25) is 0 Å². The number of benzene rings is 1. The smallest absolute Gasteiger partial charge is 0.139 e. The average molecular weight is 331 g/mol. The Balaban J connectivity index is 2.20. The molecule has 1 atom stereocenters. The van der Waals surface area contributed by atoms with Gasteiger partial charge < -0.3 is 10.5 Å². The number of nitrogens with zero attached hydrogens (tertiary/aromatic N) is 2. The lowest BCUT2D eigenvalue weighted by Crippen LogP contribution is -2.18. The first-order valence-electron chi connectivity index (χ1n) is 5.40. The third-order valence-corrected chi connectivity index (χ3v) is 3.33. The Labute approximate surface area is 119 Å². The minimum Gasteiger partial charge on any atom is -0.483 e. The van der Waals surface area contributed by atoms with Crippen LogP contribution in [0.3, 0.4) is 0 Å². The van der Waals surface area contributed by atoms with E-state index in [1.54, 1.807) is 23.0 Å². The van der Waals surface area contributed by atoms with E-state index in [0.717, 1.165) is 10.0 Å². The van der Waals surface area contributed by atoms with Gasteiger partial charge in [0.1, 0.15) is 11.9 Å². The summed E-state index contributed by atoms with van der Waals surface area (Å²) in [5, 5.41) is 4.76. The highest BCUT2D eigenvalue weighted by Gasteiger charge is 2.15. The van der Waals surface area contributed by atoms with E-state index in [1.807, 2.05) is 19.3 Å². The zero-order chi connectivity index (χ0) is 13.1. The second kappa shape index (κ2) is 5.73. The molecule has 0 saturated carbocycles. The lowest BCUT2D eigenvalue weighted by Gasteiger charge is -2.17. The van der Waals surface area contributed by atoms with E-state index in [9.17, 15) is 0 Å². The molecule has 18 heavy (non-hydrogen) atoms. The van der Waals surface area contributed by atoms with Gasteiger partial charge in [-0.25, -0.2) is 0 Å². The molecule has 1 aromatic carbocycles. The van der Waals surface area contributed by atoms with Crippen LogP contribution in [0.15, 0.2) is 35.1 Å². The fourth-order valence-corrected chi connectivity index (χ4v) is 2.36. The highest BCUT2D eigenvalue weighted by atomic mass is 79.9. The molecule has 0 amide bonds. The molecule has 6 heteroatoms. The minimum absolute atomic E-state index is 0.226. The summed E-state index contributed by atoms with van der Waals surface area (Å²) in [6.07, 6.45) is 3.42. The van der Waals surface area contributed by atoms with Crippen molar-refractivity contribution in [1.29, 1.82) is 0 Å². The molecule has 1 aromatic heterocycles. The first kappa shape index (κ1) is 13.4. The molecule has 0 radical (unpaired) electrons. The third kappa shape index (κ3) is 3.04. The molecule has 0 spiro atoms. The molecule has 0 bridgehead atoms. The van der Waals surface area contributed by atoms with Gasteiger partial charge in [0.05, 0.1) is 10.7 Å². The van der Waals surface area contributed by atoms with E-state index in [0.29, 0.717) is 17.3 Å². The standard InChI is InChI=1S/C12H13BrClN3O/c1-17-7-8(6-16-17)12(5-15)18-11-3-2-9(14)4-10(11)13/h2-4,6-7,12H,5,15H2,1H3. The van der Waals surface area contributed by atoms with Crippen molar-refractivity contribution in [1.82, 2.24) is 9.78 Å². The monoisotopic (exact) mass is 329 g/mol. The number of aromatic nitrogens is 2. The Kier molecular flexibility index (Phi) is 4.27. The van der Waals surface area contributed by atoms with Crippen LogP contribution in [0.25, 0.3) is 0 Å². The summed E-state index contributed by atoms with van der Waals surface area (Å²) in [5.74, 6) is 0.707. The summed E-state index contributed by atoms with van der Waals surface area (Å²) in [6.45, 7) is 0.376. The van der Waals surface area contributed by atoms with Gasteiger partial charge in [-0.05, 0) is 34.1 Å². The Bertz CT molecular complexity index is 544. The quantitative estimate of drug-likeness (QED) is 0.938. The van der Waals surface area contributed by atoms with Crippen LogP contribution in [-0.2, 0) is 7.05 Å². The summed E-state index contributed by atoms with van der Waals surface area (Å²) in [5.41, 5.74) is 6.68. The van der Waals surface area contributed by atoms with Gasteiger partial charge in [0, 0.05) is 30.4 Å². The molecule has 96 valence electrons. The van der Waals surface area contributed by atoms with Crippen LogP contribution in [0.4, 0.5) is 0 Å². The Morgan fingerprint density at radius 3 is 2.89 bits per heavy atom. The Morgan fingerprint density at radius 2 is 2.33 bits per heavy atom. The molecule has 4 nitrogen and oxygen atoms in total. The largest absolute Gasteiger partial charge is 0.483 e. The Morgan fingerprint density at radius 1 is 1.56 bits per heavy atom. The highest BCUT2D eigenvalue weighted by molar-refractivity contribution is 9.10. The first-order chi connectivity index (χ1) is 8.60. The number of rotatable bonds is 4. The van der Waals surface area contributed by atoms with Crippen LogP contribution >= 0.6 is 27.5 Å². The van der Waals surface area contributed by atoms with Crippen molar-refractivity contribution in [2.75, 3.05) is 6.54 Å². The van der Waals surface area contributed by atoms with Crippen LogP contribution in [0.1, 0.15) is 11.7 Å². The minimum atomic E-state index is -0.226. The van der Waals surface area contributed by atoms with E-state index in [1.165, 1.54) is 0 Å². The van der Waals surface area contributed by atoms with Gasteiger partial charge >= 0.3 is 0 Å². The van der Waals surface area contributed by atoms with E-state index in [-0.39, 0.29) is 6.10 Å². The first-order valence-corrected chi connectivity index (χ1v) is 6.57. The maximum Gasteiger partial charge on any atom is 0.139 e. The molecule has 0 aliphatic rings. The molecule has 2 N–H and O–H groups in total. The van der Waals surface area contributed by atoms with Gasteiger partial charge in [-0.15, -0.1) is 0 Å². The second-order valence-corrected chi connectivity index (χ2v) is 5.16.